The lowest BCUT2D eigenvalue weighted by molar-refractivity contribution is 0.272. The predicted octanol–water partition coefficient (Wildman–Crippen LogP) is 6.18. The molecule has 0 N–H and O–H groups in total. The fourth-order valence-electron chi connectivity index (χ4n) is 4.06. The van der Waals surface area contributed by atoms with Gasteiger partial charge in [0.1, 0.15) is 0 Å². The molecule has 0 aliphatic heterocycles. The second-order valence-corrected chi connectivity index (χ2v) is 11.5. The zero-order chi connectivity index (χ0) is 20.5. The summed E-state index contributed by atoms with van der Waals surface area (Å²) >= 11 is 0. The third kappa shape index (κ3) is 4.35. The minimum absolute atomic E-state index is 0.0408. The summed E-state index contributed by atoms with van der Waals surface area (Å²) in [6.07, 6.45) is 3.32. The molecule has 148 valence electrons. The van der Waals surface area contributed by atoms with Crippen LogP contribution < -0.4 is 0 Å². The van der Waals surface area contributed by atoms with Crippen LogP contribution in [0.25, 0.3) is 6.08 Å². The van der Waals surface area contributed by atoms with Gasteiger partial charge in [0.2, 0.25) is 0 Å². The van der Waals surface area contributed by atoms with Crippen molar-refractivity contribution in [2.24, 2.45) is 0 Å². The Morgan fingerprint density at radius 1 is 0.929 bits per heavy atom. The van der Waals surface area contributed by atoms with Crippen LogP contribution in [0.1, 0.15) is 63.6 Å². The standard InChI is InChI=1S/C25H33NOSi/c1-24(2,3)26(6)28(27)18-23-20(16-19-12-10-11-15-22(19)23)17-25(4,5)21-13-8-7-9-14-21/h7-16,23H,17-18H2,1-6H3. The summed E-state index contributed by atoms with van der Waals surface area (Å²) in [5, 5.41) is 0. The molecule has 2 aromatic rings. The minimum Gasteiger partial charge on any atom is -0.375 e. The molecule has 1 atom stereocenters. The zero-order valence-electron chi connectivity index (χ0n) is 18.1. The van der Waals surface area contributed by atoms with Crippen LogP contribution in [0, 0.1) is 0 Å². The van der Waals surface area contributed by atoms with Crippen LogP contribution >= 0.6 is 0 Å². The Morgan fingerprint density at radius 2 is 1.54 bits per heavy atom. The summed E-state index contributed by atoms with van der Waals surface area (Å²) < 4.78 is 15.3. The lowest BCUT2D eigenvalue weighted by atomic mass is 9.77. The van der Waals surface area contributed by atoms with Gasteiger partial charge in [-0.05, 0) is 49.3 Å². The molecule has 0 radical (unpaired) electrons. The van der Waals surface area contributed by atoms with Crippen LogP contribution in [0.3, 0.4) is 0 Å². The first-order valence-corrected chi connectivity index (χ1v) is 11.8. The second-order valence-electron chi connectivity index (χ2n) is 9.66. The molecular formula is C25H33NOSi. The maximum Gasteiger partial charge on any atom is 0.395 e. The Labute approximate surface area is 172 Å². The number of fused-ring (bicyclic) bond motifs is 1. The molecule has 0 aromatic heterocycles. The van der Waals surface area contributed by atoms with Crippen molar-refractivity contribution in [1.82, 2.24) is 4.57 Å². The van der Waals surface area contributed by atoms with E-state index in [-0.39, 0.29) is 16.9 Å². The molecule has 2 nitrogen and oxygen atoms in total. The van der Waals surface area contributed by atoms with Crippen LogP contribution in [0.4, 0.5) is 0 Å². The number of nitrogens with zero attached hydrogens (tertiary/aromatic N) is 1. The first kappa shape index (κ1) is 20.7. The van der Waals surface area contributed by atoms with Gasteiger partial charge in [-0.1, -0.05) is 80.1 Å². The van der Waals surface area contributed by atoms with E-state index in [9.17, 15) is 4.46 Å². The van der Waals surface area contributed by atoms with Crippen molar-refractivity contribution in [2.45, 2.75) is 64.0 Å². The molecule has 0 saturated heterocycles. The normalized spacial score (nSPS) is 16.5. The molecule has 28 heavy (non-hydrogen) atoms. The van der Waals surface area contributed by atoms with E-state index in [1.54, 1.807) is 0 Å². The van der Waals surface area contributed by atoms with Crippen molar-refractivity contribution < 1.29 is 4.46 Å². The van der Waals surface area contributed by atoms with E-state index < -0.39 is 8.84 Å². The van der Waals surface area contributed by atoms with Crippen molar-refractivity contribution in [3.63, 3.8) is 0 Å². The van der Waals surface area contributed by atoms with E-state index in [1.165, 1.54) is 22.3 Å². The Morgan fingerprint density at radius 3 is 2.18 bits per heavy atom. The first-order chi connectivity index (χ1) is 13.1. The molecule has 0 heterocycles. The zero-order valence-corrected chi connectivity index (χ0v) is 19.1. The topological polar surface area (TPSA) is 20.3 Å². The molecule has 1 aliphatic rings. The van der Waals surface area contributed by atoms with Crippen molar-refractivity contribution in [3.8, 4) is 0 Å². The van der Waals surface area contributed by atoms with Crippen LogP contribution in [-0.2, 0) is 9.88 Å². The largest absolute Gasteiger partial charge is 0.395 e. The van der Waals surface area contributed by atoms with Crippen LogP contribution in [-0.4, -0.2) is 26.0 Å². The first-order valence-electron chi connectivity index (χ1n) is 10.2. The average molecular weight is 392 g/mol. The number of hydrogen-bond donors (Lipinski definition) is 0. The SMILES string of the molecule is CN([Si](=O)CC1C(CC(C)(C)c2ccccc2)=Cc2ccccc21)C(C)(C)C. The molecule has 0 bridgehead atoms. The Hall–Kier alpha value is -2.00. The van der Waals surface area contributed by atoms with Gasteiger partial charge in [-0.3, -0.25) is 0 Å². The quantitative estimate of drug-likeness (QED) is 0.548. The lowest BCUT2D eigenvalue weighted by Crippen LogP contribution is -2.44. The van der Waals surface area contributed by atoms with Gasteiger partial charge in [-0.2, -0.15) is 0 Å². The highest BCUT2D eigenvalue weighted by Crippen LogP contribution is 2.45. The molecule has 3 rings (SSSR count). The number of allylic oxidation sites excluding steroid dienone is 1. The Balaban J connectivity index is 1.88. The summed E-state index contributed by atoms with van der Waals surface area (Å²) in [7, 11) is 0.141. The molecule has 0 fully saturated rings. The molecular weight excluding hydrogens is 358 g/mol. The van der Waals surface area contributed by atoms with Crippen molar-refractivity contribution >= 4 is 14.9 Å². The van der Waals surface area contributed by atoms with Crippen molar-refractivity contribution in [2.75, 3.05) is 7.05 Å². The van der Waals surface area contributed by atoms with Gasteiger partial charge >= 0.3 is 8.84 Å². The fraction of sp³-hybridized carbons (Fsp3) is 0.440. The highest BCUT2D eigenvalue weighted by atomic mass is 28.3. The molecule has 3 heteroatoms. The monoisotopic (exact) mass is 391 g/mol. The molecule has 2 aromatic carbocycles. The predicted molar refractivity (Wildman–Crippen MR) is 120 cm³/mol. The van der Waals surface area contributed by atoms with Gasteiger partial charge in [0.25, 0.3) is 0 Å². The molecule has 0 amide bonds. The van der Waals surface area contributed by atoms with Gasteiger partial charge in [0.15, 0.2) is 0 Å². The van der Waals surface area contributed by atoms with Gasteiger partial charge in [-0.15, -0.1) is 0 Å². The van der Waals surface area contributed by atoms with E-state index in [0.29, 0.717) is 6.04 Å². The average Bonchev–Trinajstić information content (AvgIpc) is 2.97. The smallest absolute Gasteiger partial charge is 0.375 e. The Bertz CT molecular complexity index is 877. The third-order valence-electron chi connectivity index (χ3n) is 6.12. The molecule has 0 saturated carbocycles. The number of hydrogen-bond acceptors (Lipinski definition) is 1. The van der Waals surface area contributed by atoms with Crippen LogP contribution in [0.15, 0.2) is 60.2 Å². The van der Waals surface area contributed by atoms with E-state index in [2.05, 4.69) is 99.9 Å². The lowest BCUT2D eigenvalue weighted by Gasteiger charge is -2.34. The van der Waals surface area contributed by atoms with E-state index >= 15 is 0 Å². The fourth-order valence-corrected chi connectivity index (χ4v) is 5.92. The summed E-state index contributed by atoms with van der Waals surface area (Å²) in [5.41, 5.74) is 5.35. The van der Waals surface area contributed by atoms with Crippen molar-refractivity contribution in [3.05, 3.63) is 76.9 Å². The third-order valence-corrected chi connectivity index (χ3v) is 8.30. The van der Waals surface area contributed by atoms with Gasteiger partial charge < -0.3 is 9.03 Å². The number of benzene rings is 2. The highest BCUT2D eigenvalue weighted by Gasteiger charge is 2.34. The summed E-state index contributed by atoms with van der Waals surface area (Å²) in [5.74, 6) is 0.246. The maximum absolute atomic E-state index is 13.2. The summed E-state index contributed by atoms with van der Waals surface area (Å²) in [4.78, 5) is 0. The molecule has 1 unspecified atom stereocenters. The molecule has 0 spiro atoms. The Kier molecular flexibility index (Phi) is 5.76. The highest BCUT2D eigenvalue weighted by molar-refractivity contribution is 6.40. The summed E-state index contributed by atoms with van der Waals surface area (Å²) in [6, 6.07) is 20.1. The summed E-state index contributed by atoms with van der Waals surface area (Å²) in [6.45, 7) is 11.0. The second kappa shape index (κ2) is 7.79. The van der Waals surface area contributed by atoms with Gasteiger partial charge in [0.05, 0.1) is 0 Å². The van der Waals surface area contributed by atoms with Crippen molar-refractivity contribution in [1.29, 1.82) is 0 Å². The van der Waals surface area contributed by atoms with Crippen LogP contribution in [0.2, 0.25) is 6.04 Å². The minimum atomic E-state index is -1.86. The van der Waals surface area contributed by atoms with E-state index in [4.69, 9.17) is 0 Å². The van der Waals surface area contributed by atoms with E-state index in [0.717, 1.165) is 6.42 Å². The van der Waals surface area contributed by atoms with E-state index in [1.807, 2.05) is 7.05 Å². The van der Waals surface area contributed by atoms with Crippen LogP contribution in [0.5, 0.6) is 0 Å². The molecule has 1 aliphatic carbocycles. The number of rotatable bonds is 6. The maximum atomic E-state index is 13.2. The van der Waals surface area contributed by atoms with Gasteiger partial charge in [0, 0.05) is 24.5 Å². The van der Waals surface area contributed by atoms with Gasteiger partial charge in [-0.25, -0.2) is 0 Å².